The summed E-state index contributed by atoms with van der Waals surface area (Å²) in [6.45, 7) is 1.90. The van der Waals surface area contributed by atoms with E-state index in [0.717, 1.165) is 22.3 Å². The normalized spacial score (nSPS) is 13.1. The van der Waals surface area contributed by atoms with Crippen LogP contribution in [-0.4, -0.2) is 65.7 Å². The molecule has 8 heteroatoms. The predicted molar refractivity (Wildman–Crippen MR) is 125 cm³/mol. The van der Waals surface area contributed by atoms with Crippen molar-refractivity contribution in [2.24, 2.45) is 0 Å². The molecular formula is C24H28N2O5S. The summed E-state index contributed by atoms with van der Waals surface area (Å²) in [5.74, 6) is -0.764. The van der Waals surface area contributed by atoms with Gasteiger partial charge in [-0.25, -0.2) is 4.79 Å². The zero-order chi connectivity index (χ0) is 23.1. The minimum atomic E-state index is -1.06. The molecule has 2 aromatic rings. The van der Waals surface area contributed by atoms with Crippen molar-refractivity contribution in [3.63, 3.8) is 0 Å². The zero-order valence-corrected chi connectivity index (χ0v) is 19.1. The highest BCUT2D eigenvalue weighted by molar-refractivity contribution is 7.98. The van der Waals surface area contributed by atoms with Gasteiger partial charge < -0.3 is 20.1 Å². The molecule has 2 N–H and O–H groups in total. The number of amides is 2. The number of carboxylic acid groups (broad SMARTS) is 1. The van der Waals surface area contributed by atoms with Crippen LogP contribution in [0.1, 0.15) is 30.4 Å². The molecule has 7 nitrogen and oxygen atoms in total. The van der Waals surface area contributed by atoms with Gasteiger partial charge in [-0.1, -0.05) is 48.5 Å². The van der Waals surface area contributed by atoms with Gasteiger partial charge in [-0.2, -0.15) is 11.8 Å². The number of nitrogens with one attached hydrogen (secondary N) is 1. The van der Waals surface area contributed by atoms with Crippen LogP contribution < -0.4 is 5.32 Å². The summed E-state index contributed by atoms with van der Waals surface area (Å²) in [5.41, 5.74) is 4.56. The number of carbonyl (C=O) groups excluding carboxylic acids is 2. The lowest BCUT2D eigenvalue weighted by Gasteiger charge is -2.23. The number of carbonyl (C=O) groups is 3. The summed E-state index contributed by atoms with van der Waals surface area (Å²) in [4.78, 5) is 37.2. The van der Waals surface area contributed by atoms with Crippen molar-refractivity contribution in [1.29, 1.82) is 0 Å². The molecule has 0 saturated heterocycles. The number of rotatable bonds is 10. The maximum Gasteiger partial charge on any atom is 0.407 e. The van der Waals surface area contributed by atoms with Crippen molar-refractivity contribution in [2.75, 3.05) is 31.7 Å². The van der Waals surface area contributed by atoms with Crippen LogP contribution in [0.5, 0.6) is 0 Å². The van der Waals surface area contributed by atoms with Crippen LogP contribution >= 0.6 is 11.8 Å². The van der Waals surface area contributed by atoms with Crippen LogP contribution in [0, 0.1) is 0 Å². The number of thioether (sulfide) groups is 1. The van der Waals surface area contributed by atoms with Gasteiger partial charge in [-0.05, 0) is 35.4 Å². The fraction of sp³-hybridized carbons (Fsp3) is 0.375. The number of hydrogen-bond acceptors (Lipinski definition) is 5. The quantitative estimate of drug-likeness (QED) is 0.567. The number of nitrogens with zero attached hydrogens (tertiary/aromatic N) is 1. The summed E-state index contributed by atoms with van der Waals surface area (Å²) >= 11 is 1.54. The molecule has 0 saturated carbocycles. The molecule has 0 fully saturated rings. The first-order valence-corrected chi connectivity index (χ1v) is 11.9. The highest BCUT2D eigenvalue weighted by Crippen LogP contribution is 2.44. The van der Waals surface area contributed by atoms with E-state index in [0.29, 0.717) is 12.3 Å². The van der Waals surface area contributed by atoms with Gasteiger partial charge in [0.1, 0.15) is 13.2 Å². The maximum atomic E-state index is 12.5. The van der Waals surface area contributed by atoms with E-state index in [1.54, 1.807) is 6.92 Å². The van der Waals surface area contributed by atoms with Gasteiger partial charge in [-0.3, -0.25) is 9.59 Å². The lowest BCUT2D eigenvalue weighted by molar-refractivity contribution is -0.144. The van der Waals surface area contributed by atoms with E-state index in [4.69, 9.17) is 9.84 Å². The van der Waals surface area contributed by atoms with E-state index in [1.807, 2.05) is 42.7 Å². The largest absolute Gasteiger partial charge is 0.480 e. The Kier molecular flexibility index (Phi) is 8.16. The second kappa shape index (κ2) is 11.0. The Morgan fingerprint density at radius 1 is 1.09 bits per heavy atom. The van der Waals surface area contributed by atoms with Crippen LogP contribution in [0.2, 0.25) is 0 Å². The standard InChI is InChI=1S/C24H28N2O5S/c1-16(13-22(27)26(11-12-32-2)14-23(28)29)25-24(30)31-15-21-19-9-5-3-7-17(19)18-8-4-6-10-20(18)21/h3-10,16,21H,11-15H2,1-2H3,(H,25,30)(H,28,29)/t16-/m0/s1. The van der Waals surface area contributed by atoms with Crippen molar-refractivity contribution in [2.45, 2.75) is 25.3 Å². The van der Waals surface area contributed by atoms with Crippen LogP contribution in [0.4, 0.5) is 4.79 Å². The maximum absolute atomic E-state index is 12.5. The molecule has 2 aromatic carbocycles. The molecule has 0 unspecified atom stereocenters. The molecule has 1 aliphatic rings. The monoisotopic (exact) mass is 456 g/mol. The van der Waals surface area contributed by atoms with Crippen molar-refractivity contribution in [1.82, 2.24) is 10.2 Å². The third kappa shape index (κ3) is 5.82. The SMILES string of the molecule is CSCCN(CC(=O)O)C(=O)C[C@H](C)NC(=O)OCC1c2ccccc2-c2ccccc21. The lowest BCUT2D eigenvalue weighted by atomic mass is 9.98. The van der Waals surface area contributed by atoms with Crippen molar-refractivity contribution < 1.29 is 24.2 Å². The number of alkyl carbamates (subject to hydrolysis) is 1. The Morgan fingerprint density at radius 2 is 1.69 bits per heavy atom. The highest BCUT2D eigenvalue weighted by Gasteiger charge is 2.29. The number of hydrogen-bond donors (Lipinski definition) is 2. The van der Waals surface area contributed by atoms with Gasteiger partial charge in [-0.15, -0.1) is 0 Å². The van der Waals surface area contributed by atoms with Gasteiger partial charge in [0.15, 0.2) is 0 Å². The first kappa shape index (κ1) is 23.7. The average molecular weight is 457 g/mol. The van der Waals surface area contributed by atoms with Gasteiger partial charge >= 0.3 is 12.1 Å². The molecule has 1 aliphatic carbocycles. The summed E-state index contributed by atoms with van der Waals surface area (Å²) in [6.07, 6.45) is 1.30. The van der Waals surface area contributed by atoms with Crippen LogP contribution in [0.25, 0.3) is 11.1 Å². The summed E-state index contributed by atoms with van der Waals surface area (Å²) < 4.78 is 5.51. The number of aliphatic carboxylic acids is 1. The van der Waals surface area contributed by atoms with E-state index >= 15 is 0 Å². The topological polar surface area (TPSA) is 95.9 Å². The number of ether oxygens (including phenoxy) is 1. The van der Waals surface area contributed by atoms with Gasteiger partial charge in [0.25, 0.3) is 0 Å². The Morgan fingerprint density at radius 3 is 2.25 bits per heavy atom. The molecule has 2 amide bonds. The predicted octanol–water partition coefficient (Wildman–Crippen LogP) is 3.58. The fourth-order valence-electron chi connectivity index (χ4n) is 3.94. The van der Waals surface area contributed by atoms with E-state index in [9.17, 15) is 14.4 Å². The molecule has 0 aromatic heterocycles. The van der Waals surface area contributed by atoms with Crippen molar-refractivity contribution in [3.8, 4) is 11.1 Å². The number of benzene rings is 2. The van der Waals surface area contributed by atoms with Crippen LogP contribution in [-0.2, 0) is 14.3 Å². The summed E-state index contributed by atoms with van der Waals surface area (Å²) in [7, 11) is 0. The number of fused-ring (bicyclic) bond motifs is 3. The molecule has 0 radical (unpaired) electrons. The molecule has 0 bridgehead atoms. The fourth-order valence-corrected chi connectivity index (χ4v) is 4.34. The minimum absolute atomic E-state index is 0.00581. The third-order valence-corrected chi connectivity index (χ3v) is 6.02. The smallest absolute Gasteiger partial charge is 0.407 e. The minimum Gasteiger partial charge on any atom is -0.480 e. The molecule has 1 atom stereocenters. The molecule has 0 spiro atoms. The Labute approximate surface area is 192 Å². The van der Waals surface area contributed by atoms with Crippen molar-refractivity contribution >= 4 is 29.7 Å². The molecule has 3 rings (SSSR count). The van der Waals surface area contributed by atoms with E-state index in [-0.39, 0.29) is 31.4 Å². The molecule has 32 heavy (non-hydrogen) atoms. The first-order valence-electron chi connectivity index (χ1n) is 10.5. The van der Waals surface area contributed by atoms with Crippen LogP contribution in [0.3, 0.4) is 0 Å². The zero-order valence-electron chi connectivity index (χ0n) is 18.2. The third-order valence-electron chi connectivity index (χ3n) is 5.43. The van der Waals surface area contributed by atoms with Crippen molar-refractivity contribution in [3.05, 3.63) is 59.7 Å². The highest BCUT2D eigenvalue weighted by atomic mass is 32.2. The number of carboxylic acids is 1. The Hall–Kier alpha value is -3.00. The second-order valence-electron chi connectivity index (χ2n) is 7.78. The van der Waals surface area contributed by atoms with E-state index in [1.165, 1.54) is 16.7 Å². The second-order valence-corrected chi connectivity index (χ2v) is 8.76. The van der Waals surface area contributed by atoms with Crippen LogP contribution in [0.15, 0.2) is 48.5 Å². The van der Waals surface area contributed by atoms with Gasteiger partial charge in [0.05, 0.1) is 0 Å². The Balaban J connectivity index is 1.55. The lowest BCUT2D eigenvalue weighted by Crippen LogP contribution is -2.42. The van der Waals surface area contributed by atoms with Gasteiger partial charge in [0, 0.05) is 30.7 Å². The molecule has 0 aliphatic heterocycles. The first-order chi connectivity index (χ1) is 15.4. The van der Waals surface area contributed by atoms with Gasteiger partial charge in [0.2, 0.25) is 5.91 Å². The molecular weight excluding hydrogens is 428 g/mol. The average Bonchev–Trinajstić information content (AvgIpc) is 3.08. The molecule has 0 heterocycles. The summed E-state index contributed by atoms with van der Waals surface area (Å²) in [6, 6.07) is 15.7. The van der Waals surface area contributed by atoms with E-state index < -0.39 is 18.1 Å². The Bertz CT molecular complexity index is 935. The summed E-state index contributed by atoms with van der Waals surface area (Å²) in [5, 5.41) is 11.7. The molecule has 170 valence electrons. The van der Waals surface area contributed by atoms with E-state index in [2.05, 4.69) is 17.4 Å².